The fourth-order valence-corrected chi connectivity index (χ4v) is 5.66. The van der Waals surface area contributed by atoms with Gasteiger partial charge in [-0.1, -0.05) is 23.1 Å². The van der Waals surface area contributed by atoms with Crippen molar-refractivity contribution in [1.29, 1.82) is 0 Å². The van der Waals surface area contributed by atoms with Crippen LogP contribution in [0, 0.1) is 13.8 Å². The van der Waals surface area contributed by atoms with Gasteiger partial charge in [0.05, 0.1) is 11.9 Å². The first-order valence-electron chi connectivity index (χ1n) is 10.5. The van der Waals surface area contributed by atoms with Gasteiger partial charge in [0.15, 0.2) is 21.6 Å². The molecule has 168 valence electrons. The van der Waals surface area contributed by atoms with Gasteiger partial charge in [0.25, 0.3) is 0 Å². The Labute approximate surface area is 194 Å². The Morgan fingerprint density at radius 3 is 2.97 bits per heavy atom. The minimum absolute atomic E-state index is 0.0687. The number of ether oxygens (including phenoxy) is 3. The van der Waals surface area contributed by atoms with Crippen molar-refractivity contribution in [2.45, 2.75) is 37.1 Å². The van der Waals surface area contributed by atoms with Crippen LogP contribution in [-0.2, 0) is 4.74 Å². The molecule has 1 atom stereocenters. The summed E-state index contributed by atoms with van der Waals surface area (Å²) in [7, 11) is 0. The van der Waals surface area contributed by atoms with Crippen LogP contribution in [-0.4, -0.2) is 52.3 Å². The number of aromatic nitrogens is 3. The third-order valence-corrected chi connectivity index (χ3v) is 7.60. The van der Waals surface area contributed by atoms with Crippen LogP contribution in [0.5, 0.6) is 11.5 Å². The van der Waals surface area contributed by atoms with Gasteiger partial charge in [0, 0.05) is 41.9 Å². The molecule has 3 aromatic rings. The molecule has 32 heavy (non-hydrogen) atoms. The van der Waals surface area contributed by atoms with Gasteiger partial charge in [0.2, 0.25) is 11.9 Å². The number of thioether (sulfide) groups is 1. The summed E-state index contributed by atoms with van der Waals surface area (Å²) in [6.07, 6.45) is 2.43. The van der Waals surface area contributed by atoms with Crippen LogP contribution in [0.25, 0.3) is 5.69 Å². The Hall–Kier alpha value is -2.56. The van der Waals surface area contributed by atoms with Crippen LogP contribution in [0.1, 0.15) is 34.6 Å². The Morgan fingerprint density at radius 2 is 2.12 bits per heavy atom. The smallest absolute Gasteiger partial charge is 0.231 e. The van der Waals surface area contributed by atoms with E-state index in [1.165, 1.54) is 23.1 Å². The van der Waals surface area contributed by atoms with E-state index >= 15 is 0 Å². The zero-order chi connectivity index (χ0) is 22.1. The standard InChI is InChI=1S/C22H24N4O4S2/c1-13-8-17(14(2)26(13)15-5-6-19-20(9-15)30-12-29-19)18(27)11-31-22-25-24-21(32-22)23-10-16-4-3-7-28-16/h5-6,8-9,16H,3-4,7,10-12H2,1-2H3,(H,23,24)/t16-/m0/s1. The third-order valence-electron chi connectivity index (χ3n) is 5.58. The summed E-state index contributed by atoms with van der Waals surface area (Å²) in [4.78, 5) is 13.0. The molecule has 0 unspecified atom stereocenters. The highest BCUT2D eigenvalue weighted by Crippen LogP contribution is 2.35. The minimum Gasteiger partial charge on any atom is -0.454 e. The van der Waals surface area contributed by atoms with Crippen molar-refractivity contribution in [1.82, 2.24) is 14.8 Å². The molecule has 8 nitrogen and oxygen atoms in total. The van der Waals surface area contributed by atoms with E-state index in [0.29, 0.717) is 11.3 Å². The van der Waals surface area contributed by atoms with Crippen LogP contribution in [0.4, 0.5) is 5.13 Å². The molecule has 1 saturated heterocycles. The Kier molecular flexibility index (Phi) is 6.07. The zero-order valence-corrected chi connectivity index (χ0v) is 19.6. The summed E-state index contributed by atoms with van der Waals surface area (Å²) in [5, 5.41) is 12.4. The Morgan fingerprint density at radius 1 is 1.25 bits per heavy atom. The topological polar surface area (TPSA) is 87.5 Å². The maximum atomic E-state index is 13.0. The molecule has 4 heterocycles. The van der Waals surface area contributed by atoms with Crippen LogP contribution in [0.15, 0.2) is 28.6 Å². The van der Waals surface area contributed by atoms with Gasteiger partial charge in [-0.15, -0.1) is 10.2 Å². The van der Waals surface area contributed by atoms with Crippen LogP contribution in [0.3, 0.4) is 0 Å². The van der Waals surface area contributed by atoms with Gasteiger partial charge in [-0.25, -0.2) is 0 Å². The summed E-state index contributed by atoms with van der Waals surface area (Å²) in [5.74, 6) is 1.84. The predicted octanol–water partition coefficient (Wildman–Crippen LogP) is 4.24. The fourth-order valence-electron chi connectivity index (χ4n) is 4.02. The number of ketones is 1. The number of hydrogen-bond donors (Lipinski definition) is 1. The summed E-state index contributed by atoms with van der Waals surface area (Å²) < 4.78 is 19.4. The first kappa shape index (κ1) is 21.3. The average Bonchev–Trinajstić information content (AvgIpc) is 3.58. The number of benzene rings is 1. The summed E-state index contributed by atoms with van der Waals surface area (Å²) in [6.45, 7) is 5.78. The molecule has 2 aromatic heterocycles. The number of nitrogens with zero attached hydrogens (tertiary/aromatic N) is 3. The lowest BCUT2D eigenvalue weighted by Crippen LogP contribution is -2.18. The number of hydrogen-bond acceptors (Lipinski definition) is 9. The van der Waals surface area contributed by atoms with Crippen molar-refractivity contribution in [3.05, 3.63) is 41.2 Å². The van der Waals surface area contributed by atoms with E-state index < -0.39 is 0 Å². The van der Waals surface area contributed by atoms with E-state index in [9.17, 15) is 4.79 Å². The molecule has 0 amide bonds. The molecule has 10 heteroatoms. The average molecular weight is 473 g/mol. The van der Waals surface area contributed by atoms with Crippen LogP contribution in [0.2, 0.25) is 0 Å². The molecular formula is C22H24N4O4S2. The van der Waals surface area contributed by atoms with Crippen molar-refractivity contribution in [3.63, 3.8) is 0 Å². The van der Waals surface area contributed by atoms with Crippen molar-refractivity contribution in [2.75, 3.05) is 31.0 Å². The number of nitrogens with one attached hydrogen (secondary N) is 1. The van der Waals surface area contributed by atoms with Crippen LogP contribution >= 0.6 is 23.1 Å². The first-order valence-corrected chi connectivity index (χ1v) is 12.3. The van der Waals surface area contributed by atoms with E-state index in [0.717, 1.165) is 64.0 Å². The summed E-state index contributed by atoms with van der Waals surface area (Å²) in [5.41, 5.74) is 3.56. The number of aryl methyl sites for hydroxylation is 1. The molecule has 1 aromatic carbocycles. The van der Waals surface area contributed by atoms with E-state index in [-0.39, 0.29) is 18.7 Å². The van der Waals surface area contributed by atoms with Crippen molar-refractivity contribution < 1.29 is 19.0 Å². The van der Waals surface area contributed by atoms with Crippen molar-refractivity contribution >= 4 is 34.0 Å². The van der Waals surface area contributed by atoms with Gasteiger partial charge in [-0.3, -0.25) is 4.79 Å². The molecule has 0 aliphatic carbocycles. The van der Waals surface area contributed by atoms with Gasteiger partial charge < -0.3 is 24.1 Å². The maximum absolute atomic E-state index is 13.0. The predicted molar refractivity (Wildman–Crippen MR) is 124 cm³/mol. The SMILES string of the molecule is Cc1cc(C(=O)CSc2nnc(NC[C@@H]3CCCO3)s2)c(C)n1-c1ccc2c(c1)OCO2. The Bertz CT molecular complexity index is 1140. The van der Waals surface area contributed by atoms with Crippen molar-refractivity contribution in [3.8, 4) is 17.2 Å². The van der Waals surface area contributed by atoms with Crippen LogP contribution < -0.4 is 14.8 Å². The Balaban J connectivity index is 1.23. The van der Waals surface area contributed by atoms with Gasteiger partial charge in [-0.2, -0.15) is 0 Å². The molecule has 2 aliphatic heterocycles. The molecule has 1 fully saturated rings. The number of Topliss-reactive ketones (excluding diaryl/α,β-unsaturated/α-hetero) is 1. The summed E-state index contributed by atoms with van der Waals surface area (Å²) >= 11 is 2.88. The second-order valence-corrected chi connectivity index (χ2v) is 9.96. The van der Waals surface area contributed by atoms with E-state index in [1.807, 2.05) is 38.1 Å². The molecule has 0 saturated carbocycles. The third kappa shape index (κ3) is 4.35. The number of rotatable bonds is 8. The highest BCUT2D eigenvalue weighted by Gasteiger charge is 2.20. The van der Waals surface area contributed by atoms with Crippen molar-refractivity contribution in [2.24, 2.45) is 0 Å². The van der Waals surface area contributed by atoms with Gasteiger partial charge in [-0.05, 0) is 44.9 Å². The first-order chi connectivity index (χ1) is 15.6. The molecule has 2 aliphatic rings. The molecular weight excluding hydrogens is 448 g/mol. The van der Waals surface area contributed by atoms with E-state index in [1.54, 1.807) is 0 Å². The minimum atomic E-state index is 0.0687. The van der Waals surface area contributed by atoms with Gasteiger partial charge >= 0.3 is 0 Å². The lowest BCUT2D eigenvalue weighted by Gasteiger charge is -2.10. The molecule has 1 N–H and O–H groups in total. The van der Waals surface area contributed by atoms with E-state index in [2.05, 4.69) is 20.1 Å². The number of anilines is 1. The number of fused-ring (bicyclic) bond motifs is 1. The second kappa shape index (κ2) is 9.13. The molecule has 5 rings (SSSR count). The molecule has 0 spiro atoms. The summed E-state index contributed by atoms with van der Waals surface area (Å²) in [6, 6.07) is 7.76. The largest absolute Gasteiger partial charge is 0.454 e. The number of carbonyl (C=O) groups is 1. The maximum Gasteiger partial charge on any atom is 0.231 e. The van der Waals surface area contributed by atoms with E-state index in [4.69, 9.17) is 14.2 Å². The fraction of sp³-hybridized carbons (Fsp3) is 0.409. The number of carbonyl (C=O) groups excluding carboxylic acids is 1. The molecule has 0 radical (unpaired) electrons. The lowest BCUT2D eigenvalue weighted by atomic mass is 10.2. The monoisotopic (exact) mass is 472 g/mol. The zero-order valence-electron chi connectivity index (χ0n) is 17.9. The van der Waals surface area contributed by atoms with Gasteiger partial charge in [0.1, 0.15) is 0 Å². The lowest BCUT2D eigenvalue weighted by molar-refractivity contribution is 0.102. The normalized spacial score (nSPS) is 17.1. The molecule has 0 bridgehead atoms. The highest BCUT2D eigenvalue weighted by molar-refractivity contribution is 8.01. The second-order valence-electron chi connectivity index (χ2n) is 7.76. The quantitative estimate of drug-likeness (QED) is 0.385. The highest BCUT2D eigenvalue weighted by atomic mass is 32.2.